The zero-order valence-electron chi connectivity index (χ0n) is 6.96. The van der Waals surface area contributed by atoms with Crippen molar-refractivity contribution in [3.63, 3.8) is 0 Å². The normalized spacial score (nSPS) is 12.2. The molecule has 0 spiro atoms. The van der Waals surface area contributed by atoms with Crippen LogP contribution in [0.25, 0.3) is 0 Å². The van der Waals surface area contributed by atoms with Crippen LogP contribution in [0.5, 0.6) is 0 Å². The van der Waals surface area contributed by atoms with Crippen molar-refractivity contribution >= 4 is 37.8 Å². The Morgan fingerprint density at radius 3 is 2.38 bits per heavy atom. The van der Waals surface area contributed by atoms with E-state index in [-0.39, 0.29) is 10.8 Å². The second-order valence-corrected chi connectivity index (χ2v) is 4.27. The molecule has 0 aliphatic carbocycles. The molecule has 70 valence electrons. The van der Waals surface area contributed by atoms with Gasteiger partial charge in [0.25, 0.3) is 0 Å². The predicted octanol–water partition coefficient (Wildman–Crippen LogP) is 3.06. The van der Waals surface area contributed by atoms with Crippen LogP contribution in [-0.2, 0) is 9.53 Å². The van der Waals surface area contributed by atoms with Crippen LogP contribution in [0, 0.1) is 0 Å². The van der Waals surface area contributed by atoms with Crippen LogP contribution in [0.4, 0.5) is 0 Å². The predicted molar refractivity (Wildman–Crippen MR) is 57.8 cm³/mol. The molecule has 1 aromatic carbocycles. The highest BCUT2D eigenvalue weighted by Crippen LogP contribution is 2.25. The van der Waals surface area contributed by atoms with E-state index in [4.69, 9.17) is 0 Å². The molecule has 2 nitrogen and oxygen atoms in total. The molecule has 0 aliphatic rings. The van der Waals surface area contributed by atoms with Gasteiger partial charge in [0.1, 0.15) is 4.83 Å². The Kier molecular flexibility index (Phi) is 3.93. The minimum absolute atomic E-state index is 0.290. The van der Waals surface area contributed by atoms with Crippen LogP contribution in [0.2, 0.25) is 0 Å². The molecule has 1 unspecified atom stereocenters. The molecule has 0 bridgehead atoms. The number of carbonyl (C=O) groups excluding carboxylic acids is 1. The maximum absolute atomic E-state index is 11.1. The van der Waals surface area contributed by atoms with E-state index in [2.05, 4.69) is 36.6 Å². The molecule has 1 atom stereocenters. The van der Waals surface area contributed by atoms with Crippen molar-refractivity contribution in [1.82, 2.24) is 0 Å². The van der Waals surface area contributed by atoms with Crippen molar-refractivity contribution in [2.75, 3.05) is 7.11 Å². The van der Waals surface area contributed by atoms with E-state index in [0.29, 0.717) is 0 Å². The van der Waals surface area contributed by atoms with Crippen molar-refractivity contribution in [3.05, 3.63) is 34.3 Å². The number of methoxy groups -OCH3 is 1. The molecule has 1 aromatic rings. The second kappa shape index (κ2) is 4.77. The molecule has 0 aliphatic heterocycles. The Balaban J connectivity index is 2.83. The third-order valence-electron chi connectivity index (χ3n) is 1.57. The molecule has 1 rings (SSSR count). The van der Waals surface area contributed by atoms with Crippen LogP contribution < -0.4 is 0 Å². The topological polar surface area (TPSA) is 26.3 Å². The van der Waals surface area contributed by atoms with E-state index in [1.807, 2.05) is 24.3 Å². The molecule has 13 heavy (non-hydrogen) atoms. The minimum atomic E-state index is -0.384. The van der Waals surface area contributed by atoms with Crippen molar-refractivity contribution < 1.29 is 9.53 Å². The van der Waals surface area contributed by atoms with Crippen molar-refractivity contribution in [1.29, 1.82) is 0 Å². The lowest BCUT2D eigenvalue weighted by Crippen LogP contribution is -2.07. The van der Waals surface area contributed by atoms with Gasteiger partial charge in [0.05, 0.1) is 7.11 Å². The number of rotatable bonds is 2. The molecule has 0 N–H and O–H groups in total. The summed E-state index contributed by atoms with van der Waals surface area (Å²) in [6.07, 6.45) is 0. The van der Waals surface area contributed by atoms with Gasteiger partial charge in [-0.3, -0.25) is 4.79 Å². The molecule has 0 heterocycles. The summed E-state index contributed by atoms with van der Waals surface area (Å²) in [5.41, 5.74) is 0.884. The standard InChI is InChI=1S/C9H8Br2O2/c1-13-9(12)8(11)6-2-4-7(10)5-3-6/h2-5,8H,1H3. The van der Waals surface area contributed by atoms with Crippen molar-refractivity contribution in [3.8, 4) is 0 Å². The lowest BCUT2D eigenvalue weighted by atomic mass is 10.1. The summed E-state index contributed by atoms with van der Waals surface area (Å²) in [5.74, 6) is -0.290. The summed E-state index contributed by atoms with van der Waals surface area (Å²) in [7, 11) is 1.37. The summed E-state index contributed by atoms with van der Waals surface area (Å²) >= 11 is 6.56. The monoisotopic (exact) mass is 306 g/mol. The number of esters is 1. The Bertz CT molecular complexity index is 295. The summed E-state index contributed by atoms with van der Waals surface area (Å²) in [6.45, 7) is 0. The summed E-state index contributed by atoms with van der Waals surface area (Å²) < 4.78 is 5.59. The zero-order valence-corrected chi connectivity index (χ0v) is 10.1. The number of benzene rings is 1. The van der Waals surface area contributed by atoms with Gasteiger partial charge in [-0.1, -0.05) is 44.0 Å². The summed E-state index contributed by atoms with van der Waals surface area (Å²) in [4.78, 5) is 10.7. The molecule has 0 radical (unpaired) electrons. The van der Waals surface area contributed by atoms with Gasteiger partial charge in [0.15, 0.2) is 0 Å². The van der Waals surface area contributed by atoms with Gasteiger partial charge < -0.3 is 4.74 Å². The smallest absolute Gasteiger partial charge is 0.323 e. The highest BCUT2D eigenvalue weighted by molar-refractivity contribution is 9.10. The van der Waals surface area contributed by atoms with Crippen LogP contribution in [0.15, 0.2) is 28.7 Å². The molecule has 0 saturated carbocycles. The lowest BCUT2D eigenvalue weighted by Gasteiger charge is -2.07. The summed E-state index contributed by atoms with van der Waals surface area (Å²) in [6, 6.07) is 7.49. The maximum atomic E-state index is 11.1. The van der Waals surface area contributed by atoms with E-state index < -0.39 is 0 Å². The molecule has 0 amide bonds. The highest BCUT2D eigenvalue weighted by Gasteiger charge is 2.16. The Morgan fingerprint density at radius 1 is 1.38 bits per heavy atom. The number of hydrogen-bond donors (Lipinski definition) is 0. The lowest BCUT2D eigenvalue weighted by molar-refractivity contribution is -0.139. The van der Waals surface area contributed by atoms with Gasteiger partial charge in [-0.2, -0.15) is 0 Å². The van der Waals surface area contributed by atoms with Crippen LogP contribution in [0.1, 0.15) is 10.4 Å². The number of carbonyl (C=O) groups is 1. The average molecular weight is 308 g/mol. The molecule has 0 saturated heterocycles. The first-order valence-electron chi connectivity index (χ1n) is 3.62. The van der Waals surface area contributed by atoms with Crippen molar-refractivity contribution in [2.24, 2.45) is 0 Å². The Hall–Kier alpha value is -0.350. The number of hydrogen-bond acceptors (Lipinski definition) is 2. The number of ether oxygens (including phenoxy) is 1. The fourth-order valence-corrected chi connectivity index (χ4v) is 1.63. The molecule has 0 fully saturated rings. The van der Waals surface area contributed by atoms with Gasteiger partial charge in [-0.25, -0.2) is 0 Å². The Morgan fingerprint density at radius 2 is 1.92 bits per heavy atom. The quantitative estimate of drug-likeness (QED) is 0.620. The zero-order chi connectivity index (χ0) is 9.84. The Labute approximate surface area is 93.5 Å². The van der Waals surface area contributed by atoms with Gasteiger partial charge in [0, 0.05) is 4.47 Å². The van der Waals surface area contributed by atoms with E-state index in [9.17, 15) is 4.79 Å². The largest absolute Gasteiger partial charge is 0.468 e. The van der Waals surface area contributed by atoms with E-state index in [1.54, 1.807) is 0 Å². The highest BCUT2D eigenvalue weighted by atomic mass is 79.9. The van der Waals surface area contributed by atoms with Gasteiger partial charge in [-0.15, -0.1) is 0 Å². The van der Waals surface area contributed by atoms with Gasteiger partial charge >= 0.3 is 5.97 Å². The third kappa shape index (κ3) is 2.81. The van der Waals surface area contributed by atoms with E-state index in [0.717, 1.165) is 10.0 Å². The maximum Gasteiger partial charge on any atom is 0.323 e. The van der Waals surface area contributed by atoms with Crippen LogP contribution in [-0.4, -0.2) is 13.1 Å². The first-order valence-corrected chi connectivity index (χ1v) is 5.33. The fourth-order valence-electron chi connectivity index (χ4n) is 0.871. The van der Waals surface area contributed by atoms with Crippen molar-refractivity contribution in [2.45, 2.75) is 4.83 Å². The van der Waals surface area contributed by atoms with Crippen LogP contribution >= 0.6 is 31.9 Å². The third-order valence-corrected chi connectivity index (χ3v) is 3.00. The van der Waals surface area contributed by atoms with Gasteiger partial charge in [-0.05, 0) is 17.7 Å². The second-order valence-electron chi connectivity index (χ2n) is 2.44. The first kappa shape index (κ1) is 10.7. The molecular formula is C9H8Br2O2. The minimum Gasteiger partial charge on any atom is -0.468 e. The summed E-state index contributed by atoms with van der Waals surface area (Å²) in [5, 5.41) is 0. The van der Waals surface area contributed by atoms with Crippen LogP contribution in [0.3, 0.4) is 0 Å². The fraction of sp³-hybridized carbons (Fsp3) is 0.222. The number of halogens is 2. The molecule has 4 heteroatoms. The number of alkyl halides is 1. The SMILES string of the molecule is COC(=O)C(Br)c1ccc(Br)cc1. The van der Waals surface area contributed by atoms with E-state index >= 15 is 0 Å². The van der Waals surface area contributed by atoms with E-state index in [1.165, 1.54) is 7.11 Å². The average Bonchev–Trinajstić information content (AvgIpc) is 2.17. The van der Waals surface area contributed by atoms with Gasteiger partial charge in [0.2, 0.25) is 0 Å². The molecule has 0 aromatic heterocycles. The molecular weight excluding hydrogens is 300 g/mol. The first-order chi connectivity index (χ1) is 6.15.